The van der Waals surface area contributed by atoms with Gasteiger partial charge in [-0.2, -0.15) is 9.61 Å². The number of thioether (sulfide) groups is 1. The summed E-state index contributed by atoms with van der Waals surface area (Å²) >= 11 is 2.73. The van der Waals surface area contributed by atoms with Gasteiger partial charge in [0.15, 0.2) is 10.8 Å². The standard InChI is InChI=1S/C22H18N6O2S2/c1-13-6-7-17-18(10-13)32-21(23-17)24-20(29)12-31-22-26-25-19-9-8-16(27-28(19)22)14-4-3-5-15(11-14)30-2/h3-11H,12H2,1-2H3,(H,23,24,29). The molecule has 0 aliphatic heterocycles. The zero-order chi connectivity index (χ0) is 22.1. The van der Waals surface area contributed by atoms with E-state index in [0.717, 1.165) is 32.8 Å². The van der Waals surface area contributed by atoms with Crippen LogP contribution >= 0.6 is 23.1 Å². The lowest BCUT2D eigenvalue weighted by Crippen LogP contribution is -2.14. The van der Waals surface area contributed by atoms with Crippen molar-refractivity contribution in [2.75, 3.05) is 18.2 Å². The minimum atomic E-state index is -0.161. The first-order valence-electron chi connectivity index (χ1n) is 9.76. The Balaban J connectivity index is 1.31. The van der Waals surface area contributed by atoms with Gasteiger partial charge in [-0.05, 0) is 48.9 Å². The predicted octanol–water partition coefficient (Wildman–Crippen LogP) is 4.45. The topological polar surface area (TPSA) is 94.3 Å². The molecule has 8 nitrogen and oxygen atoms in total. The van der Waals surface area contributed by atoms with Crippen LogP contribution in [0, 0.1) is 6.92 Å². The lowest BCUT2D eigenvalue weighted by Gasteiger charge is -2.05. The predicted molar refractivity (Wildman–Crippen MR) is 126 cm³/mol. The number of anilines is 1. The van der Waals surface area contributed by atoms with Gasteiger partial charge < -0.3 is 10.1 Å². The zero-order valence-electron chi connectivity index (χ0n) is 17.3. The molecule has 0 atom stereocenters. The Labute approximate surface area is 191 Å². The van der Waals surface area contributed by atoms with Crippen molar-refractivity contribution >= 4 is 50.0 Å². The van der Waals surface area contributed by atoms with E-state index in [1.54, 1.807) is 11.6 Å². The normalized spacial score (nSPS) is 11.2. The van der Waals surface area contributed by atoms with Crippen LogP contribution in [0.1, 0.15) is 5.56 Å². The minimum absolute atomic E-state index is 0.161. The fourth-order valence-corrected chi connectivity index (χ4v) is 4.83. The van der Waals surface area contributed by atoms with Crippen molar-refractivity contribution in [2.24, 2.45) is 0 Å². The number of nitrogens with one attached hydrogen (secondary N) is 1. The highest BCUT2D eigenvalue weighted by Crippen LogP contribution is 2.27. The van der Waals surface area contributed by atoms with E-state index in [0.29, 0.717) is 15.9 Å². The molecule has 1 amide bonds. The number of ether oxygens (including phenoxy) is 1. The highest BCUT2D eigenvalue weighted by atomic mass is 32.2. The monoisotopic (exact) mass is 462 g/mol. The molecular formula is C22H18N6O2S2. The van der Waals surface area contributed by atoms with Crippen molar-refractivity contribution in [1.82, 2.24) is 24.8 Å². The number of rotatable bonds is 6. The van der Waals surface area contributed by atoms with Crippen LogP contribution in [0.15, 0.2) is 59.8 Å². The van der Waals surface area contributed by atoms with Crippen molar-refractivity contribution in [2.45, 2.75) is 12.1 Å². The molecule has 10 heteroatoms. The molecule has 0 unspecified atom stereocenters. The quantitative estimate of drug-likeness (QED) is 0.373. The minimum Gasteiger partial charge on any atom is -0.497 e. The number of aromatic nitrogens is 5. The van der Waals surface area contributed by atoms with E-state index in [9.17, 15) is 4.79 Å². The summed E-state index contributed by atoms with van der Waals surface area (Å²) < 4.78 is 7.99. The highest BCUT2D eigenvalue weighted by molar-refractivity contribution is 7.99. The Kier molecular flexibility index (Phi) is 5.46. The van der Waals surface area contributed by atoms with Crippen LogP contribution in [0.3, 0.4) is 0 Å². The summed E-state index contributed by atoms with van der Waals surface area (Å²) in [6.45, 7) is 2.03. The van der Waals surface area contributed by atoms with Gasteiger partial charge in [0.25, 0.3) is 0 Å². The largest absolute Gasteiger partial charge is 0.497 e. The average Bonchev–Trinajstić information content (AvgIpc) is 3.40. The number of hydrogen-bond donors (Lipinski definition) is 1. The van der Waals surface area contributed by atoms with E-state index in [2.05, 4.69) is 31.7 Å². The maximum Gasteiger partial charge on any atom is 0.236 e. The van der Waals surface area contributed by atoms with Gasteiger partial charge in [0.05, 0.1) is 28.8 Å². The van der Waals surface area contributed by atoms with E-state index >= 15 is 0 Å². The summed E-state index contributed by atoms with van der Waals surface area (Å²) in [4.78, 5) is 17.0. The average molecular weight is 463 g/mol. The summed E-state index contributed by atoms with van der Waals surface area (Å²) in [5.41, 5.74) is 4.32. The van der Waals surface area contributed by atoms with Crippen LogP contribution in [-0.4, -0.2) is 43.6 Å². The third-order valence-electron chi connectivity index (χ3n) is 4.72. The molecule has 0 aliphatic rings. The van der Waals surface area contributed by atoms with Crippen LogP contribution in [-0.2, 0) is 4.79 Å². The Hall–Kier alpha value is -3.50. The number of hydrogen-bond acceptors (Lipinski definition) is 8. The van der Waals surface area contributed by atoms with Crippen molar-refractivity contribution in [1.29, 1.82) is 0 Å². The summed E-state index contributed by atoms with van der Waals surface area (Å²) in [7, 11) is 1.63. The molecule has 0 aliphatic carbocycles. The smallest absolute Gasteiger partial charge is 0.236 e. The van der Waals surface area contributed by atoms with E-state index in [4.69, 9.17) is 4.74 Å². The van der Waals surface area contributed by atoms with Crippen LogP contribution in [0.25, 0.3) is 27.1 Å². The molecule has 5 rings (SSSR count). The van der Waals surface area contributed by atoms with Gasteiger partial charge in [-0.3, -0.25) is 4.79 Å². The fraction of sp³-hybridized carbons (Fsp3) is 0.136. The second-order valence-electron chi connectivity index (χ2n) is 7.03. The van der Waals surface area contributed by atoms with E-state index in [1.807, 2.05) is 55.5 Å². The van der Waals surface area contributed by atoms with Crippen LogP contribution in [0.5, 0.6) is 5.75 Å². The van der Waals surface area contributed by atoms with Crippen molar-refractivity contribution in [3.8, 4) is 17.0 Å². The summed E-state index contributed by atoms with van der Waals surface area (Å²) in [6.07, 6.45) is 0. The third kappa shape index (κ3) is 4.14. The molecule has 5 aromatic rings. The van der Waals surface area contributed by atoms with E-state index in [-0.39, 0.29) is 11.7 Å². The molecule has 3 aromatic heterocycles. The number of benzene rings is 2. The molecule has 3 heterocycles. The molecule has 0 fully saturated rings. The van der Waals surface area contributed by atoms with Gasteiger partial charge in [0.1, 0.15) is 5.75 Å². The first-order valence-corrected chi connectivity index (χ1v) is 11.6. The van der Waals surface area contributed by atoms with Gasteiger partial charge in [0, 0.05) is 5.56 Å². The molecule has 0 saturated carbocycles. The van der Waals surface area contributed by atoms with Crippen LogP contribution in [0.4, 0.5) is 5.13 Å². The maximum absolute atomic E-state index is 12.5. The summed E-state index contributed by atoms with van der Waals surface area (Å²) in [5.74, 6) is 0.761. The van der Waals surface area contributed by atoms with Crippen molar-refractivity contribution in [3.63, 3.8) is 0 Å². The van der Waals surface area contributed by atoms with E-state index < -0.39 is 0 Å². The molecule has 2 aromatic carbocycles. The first-order chi connectivity index (χ1) is 15.6. The van der Waals surface area contributed by atoms with Gasteiger partial charge in [-0.15, -0.1) is 10.2 Å². The molecule has 1 N–H and O–H groups in total. The number of aryl methyl sites for hydroxylation is 1. The van der Waals surface area contributed by atoms with Gasteiger partial charge in [-0.25, -0.2) is 4.98 Å². The highest BCUT2D eigenvalue weighted by Gasteiger charge is 2.13. The second-order valence-corrected chi connectivity index (χ2v) is 9.00. The number of fused-ring (bicyclic) bond motifs is 2. The molecule has 32 heavy (non-hydrogen) atoms. The molecule has 0 radical (unpaired) electrons. The summed E-state index contributed by atoms with van der Waals surface area (Å²) in [6, 6.07) is 17.4. The SMILES string of the molecule is COc1cccc(-c2ccc3nnc(SCC(=O)Nc4nc5ccc(C)cc5s4)n3n2)c1. The maximum atomic E-state index is 12.5. The zero-order valence-corrected chi connectivity index (χ0v) is 18.9. The Morgan fingerprint density at radius 1 is 1.16 bits per heavy atom. The van der Waals surface area contributed by atoms with Crippen LogP contribution < -0.4 is 10.1 Å². The van der Waals surface area contributed by atoms with Crippen molar-refractivity contribution in [3.05, 3.63) is 60.2 Å². The van der Waals surface area contributed by atoms with Gasteiger partial charge in [0.2, 0.25) is 11.1 Å². The Morgan fingerprint density at radius 3 is 2.94 bits per heavy atom. The Bertz CT molecular complexity index is 1450. The lowest BCUT2D eigenvalue weighted by atomic mass is 10.1. The van der Waals surface area contributed by atoms with Crippen molar-refractivity contribution < 1.29 is 9.53 Å². The van der Waals surface area contributed by atoms with Gasteiger partial charge >= 0.3 is 0 Å². The number of carbonyl (C=O) groups excluding carboxylic acids is 1. The van der Waals surface area contributed by atoms with Crippen LogP contribution in [0.2, 0.25) is 0 Å². The third-order valence-corrected chi connectivity index (χ3v) is 6.58. The fourth-order valence-electron chi connectivity index (χ4n) is 3.17. The molecule has 0 bridgehead atoms. The molecular weight excluding hydrogens is 444 g/mol. The summed E-state index contributed by atoms with van der Waals surface area (Å²) in [5, 5.41) is 17.0. The van der Waals surface area contributed by atoms with E-state index in [1.165, 1.54) is 23.1 Å². The number of nitrogens with zero attached hydrogens (tertiary/aromatic N) is 5. The Morgan fingerprint density at radius 2 is 2.06 bits per heavy atom. The second kappa shape index (κ2) is 8.56. The molecule has 160 valence electrons. The first kappa shape index (κ1) is 20.4. The lowest BCUT2D eigenvalue weighted by molar-refractivity contribution is -0.113. The number of carbonyl (C=O) groups is 1. The molecule has 0 spiro atoms. The molecule has 0 saturated heterocycles. The number of methoxy groups -OCH3 is 1. The number of thiazole rings is 1. The van der Waals surface area contributed by atoms with Gasteiger partial charge in [-0.1, -0.05) is 41.3 Å². The number of amides is 1.